The predicted molar refractivity (Wildman–Crippen MR) is 36.5 cm³/mol. The molecule has 1 unspecified atom stereocenters. The second-order valence-corrected chi connectivity index (χ2v) is 3.32. The lowest BCUT2D eigenvalue weighted by atomic mass is 10.1. The zero-order chi connectivity index (χ0) is 8.48. The van der Waals surface area contributed by atoms with Gasteiger partial charge >= 0.3 is 5.97 Å². The van der Waals surface area contributed by atoms with E-state index in [2.05, 4.69) is 4.18 Å². The van der Waals surface area contributed by atoms with Gasteiger partial charge in [-0.25, -0.2) is 0 Å². The summed E-state index contributed by atoms with van der Waals surface area (Å²) in [4.78, 5) is 10.2. The smallest absolute Gasteiger partial charge is 0.303 e. The quantitative estimate of drug-likeness (QED) is 0.388. The summed E-state index contributed by atoms with van der Waals surface area (Å²) in [6.07, 6.45) is -0.292. The fraction of sp³-hybridized carbons (Fsp3) is 0.800. The van der Waals surface area contributed by atoms with Gasteiger partial charge < -0.3 is 19.5 Å². The average Bonchev–Trinajstić information content (AvgIpc) is 2.10. The lowest BCUT2D eigenvalue weighted by Gasteiger charge is -2.17. The summed E-state index contributed by atoms with van der Waals surface area (Å²) in [5.41, 5.74) is 0. The molecule has 0 aromatic rings. The lowest BCUT2D eigenvalue weighted by molar-refractivity contribution is -0.148. The second kappa shape index (κ2) is 2.98. The summed E-state index contributed by atoms with van der Waals surface area (Å²) in [6, 6.07) is 0. The number of carboxylic acid groups (broad SMARTS) is 1. The topological polar surface area (TPSA) is 87.0 Å². The Bertz CT molecular complexity index is 168. The Balaban J connectivity index is 2.51. The van der Waals surface area contributed by atoms with E-state index in [9.17, 15) is 4.79 Å². The Morgan fingerprint density at radius 1 is 1.73 bits per heavy atom. The van der Waals surface area contributed by atoms with Gasteiger partial charge in [-0.2, -0.15) is 0 Å². The van der Waals surface area contributed by atoms with Crippen LogP contribution < -0.4 is 0 Å². The third kappa shape index (κ3) is 2.06. The van der Waals surface area contributed by atoms with Crippen LogP contribution in [0.1, 0.15) is 6.42 Å². The molecule has 1 heterocycles. The molecule has 11 heavy (non-hydrogen) atoms. The van der Waals surface area contributed by atoms with Crippen molar-refractivity contribution in [1.29, 1.82) is 0 Å². The summed E-state index contributed by atoms with van der Waals surface area (Å²) in [6.45, 7) is 0.0595. The zero-order valence-corrected chi connectivity index (χ0v) is 6.37. The monoisotopic (exact) mass is 180 g/mol. The highest BCUT2D eigenvalue weighted by Gasteiger charge is 2.43. The molecule has 3 N–H and O–H groups in total. The van der Waals surface area contributed by atoms with Crippen LogP contribution in [0.5, 0.6) is 0 Å². The van der Waals surface area contributed by atoms with Gasteiger partial charge in [-0.15, -0.1) is 0 Å². The van der Waals surface area contributed by atoms with Crippen LogP contribution in [0.2, 0.25) is 0 Å². The van der Waals surface area contributed by atoms with E-state index in [1.807, 2.05) is 0 Å². The second-order valence-electron chi connectivity index (χ2n) is 2.32. The van der Waals surface area contributed by atoms with E-state index < -0.39 is 17.0 Å². The minimum absolute atomic E-state index is 0.0595. The van der Waals surface area contributed by atoms with E-state index >= 15 is 0 Å². The number of carbonyl (C=O) groups is 1. The van der Waals surface area contributed by atoms with Gasteiger partial charge in [-0.05, 0) is 0 Å². The largest absolute Gasteiger partial charge is 0.481 e. The molecule has 0 bridgehead atoms. The molecule has 1 atom stereocenters. The lowest BCUT2D eigenvalue weighted by Crippen LogP contribution is -2.32. The Kier molecular flexibility index (Phi) is 2.38. The van der Waals surface area contributed by atoms with E-state index in [1.54, 1.807) is 0 Å². The van der Waals surface area contributed by atoms with Crippen molar-refractivity contribution in [1.82, 2.24) is 0 Å². The van der Waals surface area contributed by atoms with E-state index in [1.165, 1.54) is 0 Å². The van der Waals surface area contributed by atoms with Crippen LogP contribution in [0, 0.1) is 5.92 Å². The summed E-state index contributed by atoms with van der Waals surface area (Å²) in [7, 11) is 0. The third-order valence-electron chi connectivity index (χ3n) is 1.40. The third-order valence-corrected chi connectivity index (χ3v) is 2.24. The molecule has 0 aliphatic carbocycles. The molecule has 6 heteroatoms. The van der Waals surface area contributed by atoms with Gasteiger partial charge in [0.15, 0.2) is 0 Å². The van der Waals surface area contributed by atoms with Gasteiger partial charge in [0.25, 0.3) is 0 Å². The first kappa shape index (κ1) is 8.79. The molecule has 1 rings (SSSR count). The molecule has 1 fully saturated rings. The van der Waals surface area contributed by atoms with Crippen molar-refractivity contribution in [3.63, 3.8) is 0 Å². The van der Waals surface area contributed by atoms with E-state index in [0.29, 0.717) is 12.0 Å². The molecule has 0 amide bonds. The molecule has 1 aliphatic rings. The first-order chi connectivity index (χ1) is 5.02. The molecule has 0 saturated carbocycles. The summed E-state index contributed by atoms with van der Waals surface area (Å²) in [5.74, 6) is -1.81. The van der Waals surface area contributed by atoms with Gasteiger partial charge in [-0.3, -0.25) is 4.79 Å². The van der Waals surface area contributed by atoms with Crippen LogP contribution in [-0.2, 0) is 8.98 Å². The van der Waals surface area contributed by atoms with Crippen LogP contribution in [0.25, 0.3) is 0 Å². The van der Waals surface area contributed by atoms with Gasteiger partial charge in [0.2, 0.25) is 5.12 Å². The average molecular weight is 180 g/mol. The Morgan fingerprint density at radius 2 is 2.36 bits per heavy atom. The van der Waals surface area contributed by atoms with Crippen LogP contribution in [-0.4, -0.2) is 33.0 Å². The summed E-state index contributed by atoms with van der Waals surface area (Å²) >= 11 is 0.497. The Hall–Kier alpha value is -0.300. The molecule has 1 aliphatic heterocycles. The molecule has 64 valence electrons. The summed E-state index contributed by atoms with van der Waals surface area (Å²) in [5, 5.41) is 24.3. The van der Waals surface area contributed by atoms with Crippen molar-refractivity contribution in [2.75, 3.05) is 6.61 Å². The fourth-order valence-corrected chi connectivity index (χ4v) is 1.48. The molecule has 0 radical (unpaired) electrons. The molecular weight excluding hydrogens is 172 g/mol. The molecular formula is C5H8O5S. The van der Waals surface area contributed by atoms with E-state index in [-0.39, 0.29) is 13.0 Å². The van der Waals surface area contributed by atoms with Crippen molar-refractivity contribution in [2.45, 2.75) is 11.5 Å². The van der Waals surface area contributed by atoms with Crippen LogP contribution in [0.15, 0.2) is 0 Å². The predicted octanol–water partition coefficient (Wildman–Crippen LogP) is -0.606. The first-order valence-electron chi connectivity index (χ1n) is 2.99. The number of aliphatic carboxylic acids is 1. The molecule has 0 aromatic carbocycles. The maximum absolute atomic E-state index is 10.2. The van der Waals surface area contributed by atoms with Crippen molar-refractivity contribution in [2.24, 2.45) is 5.92 Å². The van der Waals surface area contributed by atoms with Crippen molar-refractivity contribution < 1.29 is 24.3 Å². The minimum Gasteiger partial charge on any atom is -0.481 e. The van der Waals surface area contributed by atoms with Gasteiger partial charge in [-0.1, -0.05) is 0 Å². The van der Waals surface area contributed by atoms with E-state index in [4.69, 9.17) is 15.3 Å². The number of carboxylic acids is 1. The number of hydrogen-bond acceptors (Lipinski definition) is 5. The van der Waals surface area contributed by atoms with Crippen LogP contribution in [0.4, 0.5) is 0 Å². The first-order valence-corrected chi connectivity index (χ1v) is 3.73. The highest BCUT2D eigenvalue weighted by atomic mass is 32.2. The number of aliphatic hydroxyl groups is 2. The Labute approximate surface area is 67.2 Å². The molecule has 0 aromatic heterocycles. The normalized spacial score (nSPS) is 28.7. The highest BCUT2D eigenvalue weighted by molar-refractivity contribution is 7.95. The SMILES string of the molecule is O=C(O)CC1COSC1(O)O. The maximum atomic E-state index is 10.2. The van der Waals surface area contributed by atoms with Crippen molar-refractivity contribution >= 4 is 18.0 Å². The molecule has 1 saturated heterocycles. The molecule has 0 spiro atoms. The maximum Gasteiger partial charge on any atom is 0.303 e. The van der Waals surface area contributed by atoms with Crippen LogP contribution >= 0.6 is 12.0 Å². The Morgan fingerprint density at radius 3 is 2.73 bits per heavy atom. The minimum atomic E-state index is -2.04. The van der Waals surface area contributed by atoms with Crippen molar-refractivity contribution in [3.8, 4) is 0 Å². The molecule has 5 nitrogen and oxygen atoms in total. The zero-order valence-electron chi connectivity index (χ0n) is 5.56. The van der Waals surface area contributed by atoms with Gasteiger partial charge in [0, 0.05) is 0 Å². The van der Waals surface area contributed by atoms with E-state index in [0.717, 1.165) is 0 Å². The number of rotatable bonds is 2. The van der Waals surface area contributed by atoms with Gasteiger partial charge in [0.05, 0.1) is 31.0 Å². The summed E-state index contributed by atoms with van der Waals surface area (Å²) < 4.78 is 4.63. The fourth-order valence-electron chi connectivity index (χ4n) is 0.782. The highest BCUT2D eigenvalue weighted by Crippen LogP contribution is 2.38. The van der Waals surface area contributed by atoms with Gasteiger partial charge in [0.1, 0.15) is 0 Å². The standard InChI is InChI=1S/C5H8O5S/c6-4(7)1-3-2-10-11-5(3,8)9/h3,8-9H,1-2H2,(H,6,7). The van der Waals surface area contributed by atoms with Crippen LogP contribution in [0.3, 0.4) is 0 Å². The number of hydrogen-bond donors (Lipinski definition) is 3. The van der Waals surface area contributed by atoms with Crippen molar-refractivity contribution in [3.05, 3.63) is 0 Å².